The molecule has 0 amide bonds. The van der Waals surface area contributed by atoms with Crippen LogP contribution >= 0.6 is 15.6 Å². The van der Waals surface area contributed by atoms with E-state index in [0.29, 0.717) is 25.7 Å². The molecule has 0 saturated carbocycles. The Morgan fingerprint density at radius 1 is 0.308 bits per heavy atom. The summed E-state index contributed by atoms with van der Waals surface area (Å²) in [6.45, 7) is 2.12. The first-order chi connectivity index (χ1) is 44.2. The van der Waals surface area contributed by atoms with Crippen molar-refractivity contribution in [3.05, 3.63) is 182 Å². The van der Waals surface area contributed by atoms with Gasteiger partial charge in [0, 0.05) is 19.3 Å². The molecule has 0 spiro atoms. The zero-order valence-electron chi connectivity index (χ0n) is 55.2. The van der Waals surface area contributed by atoms with Gasteiger partial charge in [0.25, 0.3) is 0 Å². The van der Waals surface area contributed by atoms with Gasteiger partial charge in [0.15, 0.2) is 6.10 Å². The average molecular weight is 1310 g/mol. The Hall–Kier alpha value is -5.35. The number of aliphatic hydroxyl groups excluding tert-OH is 2. The number of carbonyl (C=O) groups excluding carboxylic acids is 3. The number of phosphoric ester groups is 2. The van der Waals surface area contributed by atoms with Crippen LogP contribution in [0.2, 0.25) is 0 Å². The molecule has 16 nitrogen and oxygen atoms in total. The summed E-state index contributed by atoms with van der Waals surface area (Å²) in [5.74, 6) is -1.73. The van der Waals surface area contributed by atoms with Gasteiger partial charge in [-0.3, -0.25) is 32.5 Å². The van der Waals surface area contributed by atoms with E-state index in [2.05, 4.69) is 191 Å². The van der Waals surface area contributed by atoms with Gasteiger partial charge < -0.3 is 34.2 Å². The number of phosphoric acid groups is 2. The van der Waals surface area contributed by atoms with Gasteiger partial charge >= 0.3 is 33.6 Å². The first-order valence-corrected chi connectivity index (χ1v) is 36.1. The lowest BCUT2D eigenvalue weighted by Crippen LogP contribution is -2.30. The Balaban J connectivity index is 4.86. The highest BCUT2D eigenvalue weighted by molar-refractivity contribution is 7.47. The van der Waals surface area contributed by atoms with Crippen LogP contribution in [0.5, 0.6) is 0 Å². The molecule has 18 heteroatoms. The lowest BCUT2D eigenvalue weighted by atomic mass is 10.1. The highest BCUT2D eigenvalue weighted by atomic mass is 31.2. The monoisotopic (exact) mass is 1310 g/mol. The molecule has 0 bridgehead atoms. The molecule has 5 atom stereocenters. The van der Waals surface area contributed by atoms with Crippen molar-refractivity contribution in [1.29, 1.82) is 0 Å². The molecule has 0 rings (SSSR count). The second-order valence-electron chi connectivity index (χ2n) is 21.1. The van der Waals surface area contributed by atoms with Crippen LogP contribution in [0.4, 0.5) is 0 Å². The maximum atomic E-state index is 12.9. The van der Waals surface area contributed by atoms with Crippen LogP contribution in [-0.4, -0.2) is 95.9 Å². The summed E-state index contributed by atoms with van der Waals surface area (Å²) in [5.41, 5.74) is 0. The minimum absolute atomic E-state index is 0.00920. The van der Waals surface area contributed by atoms with Crippen LogP contribution in [0.1, 0.15) is 201 Å². The van der Waals surface area contributed by atoms with Crippen molar-refractivity contribution in [3.8, 4) is 0 Å². The largest absolute Gasteiger partial charge is 0.472 e. The van der Waals surface area contributed by atoms with Crippen LogP contribution in [0, 0.1) is 0 Å². The maximum Gasteiger partial charge on any atom is 0.472 e. The Morgan fingerprint density at radius 3 is 0.879 bits per heavy atom. The fraction of sp³-hybridized carbons (Fsp3) is 0.548. The molecule has 0 aromatic rings. The number of carbonyl (C=O) groups is 3. The lowest BCUT2D eigenvalue weighted by molar-refractivity contribution is -0.161. The van der Waals surface area contributed by atoms with Crippen LogP contribution in [0.3, 0.4) is 0 Å². The van der Waals surface area contributed by atoms with E-state index in [1.54, 1.807) is 0 Å². The van der Waals surface area contributed by atoms with E-state index in [1.807, 2.05) is 12.2 Å². The minimum atomic E-state index is -4.96. The van der Waals surface area contributed by atoms with E-state index in [1.165, 1.54) is 0 Å². The predicted molar refractivity (Wildman–Crippen MR) is 371 cm³/mol. The van der Waals surface area contributed by atoms with E-state index in [9.17, 15) is 43.5 Å². The number of ether oxygens (including phenoxy) is 3. The number of allylic oxidation sites excluding steroid dienone is 30. The van der Waals surface area contributed by atoms with E-state index in [-0.39, 0.29) is 19.3 Å². The summed E-state index contributed by atoms with van der Waals surface area (Å²) in [7, 11) is -9.83. The highest BCUT2D eigenvalue weighted by Crippen LogP contribution is 2.45. The maximum absolute atomic E-state index is 12.9. The Kier molecular flexibility index (Phi) is 60.9. The van der Waals surface area contributed by atoms with Crippen LogP contribution in [0.15, 0.2) is 182 Å². The van der Waals surface area contributed by atoms with Gasteiger partial charge in [0.05, 0.1) is 26.4 Å². The topological polar surface area (TPSA) is 231 Å². The third-order valence-electron chi connectivity index (χ3n) is 12.6. The summed E-state index contributed by atoms with van der Waals surface area (Å²) in [5, 5.41) is 20.5. The zero-order chi connectivity index (χ0) is 66.7. The van der Waals surface area contributed by atoms with Gasteiger partial charge in [0.1, 0.15) is 25.4 Å². The molecular formula is C73H114O16P2. The molecule has 91 heavy (non-hydrogen) atoms. The molecule has 0 radical (unpaired) electrons. The smallest absolute Gasteiger partial charge is 0.463 e. The second-order valence-corrected chi connectivity index (χ2v) is 24.0. The third-order valence-corrected chi connectivity index (χ3v) is 14.5. The SMILES string of the molecule is CC/C=C\C/C=C\C/C=C\C/C=C\C/C=C\CCCCCC(=O)OCC(O)COP(=O)(O)OCC(O)COP(=O)(O)OCC(COC(=O)CCCCC/C=C\C/C=C\C/C=C\C/C=C\C/C=C\CC)OC(=O)CCC/C=C\C/C=C\C/C=C\C/C=C\C/C=C\CC. The number of hydrogen-bond acceptors (Lipinski definition) is 14. The summed E-state index contributed by atoms with van der Waals surface area (Å²) < 4.78 is 60.7. The Bertz CT molecular complexity index is 2390. The first kappa shape index (κ1) is 85.7. The first-order valence-electron chi connectivity index (χ1n) is 33.1. The van der Waals surface area contributed by atoms with Crippen molar-refractivity contribution >= 4 is 33.6 Å². The molecule has 0 aromatic heterocycles. The van der Waals surface area contributed by atoms with E-state index in [4.69, 9.17) is 32.3 Å². The fourth-order valence-corrected chi connectivity index (χ4v) is 9.24. The normalized spacial score (nSPS) is 15.4. The molecule has 4 N–H and O–H groups in total. The molecular weight excluding hydrogens is 1190 g/mol. The van der Waals surface area contributed by atoms with Crippen molar-refractivity contribution < 1.29 is 75.8 Å². The molecule has 0 aromatic carbocycles. The van der Waals surface area contributed by atoms with Crippen LogP contribution in [0.25, 0.3) is 0 Å². The molecule has 5 unspecified atom stereocenters. The quantitative estimate of drug-likeness (QED) is 0.0146. The Morgan fingerprint density at radius 2 is 0.560 bits per heavy atom. The summed E-state index contributed by atoms with van der Waals surface area (Å²) in [4.78, 5) is 58.3. The van der Waals surface area contributed by atoms with Crippen LogP contribution < -0.4 is 0 Å². The standard InChI is InChI=1S/C73H114O16P2/c1-4-7-10-13-16-19-22-25-28-31-33-36-38-41-44-47-50-53-56-59-71(76)83-62-68(74)63-85-90(79,80)86-64-69(75)65-87-91(81,82)88-67-70(89-73(78)61-58-55-52-49-46-43-40-35-30-27-24-21-18-15-12-9-6-3)66-84-72(77)60-57-54-51-48-45-42-39-37-34-32-29-26-23-20-17-14-11-8-5-2/h7-12,16-21,25-30,33-34,36-37,40-45,49,52,68-70,74-75H,4-6,13-15,22-24,31-32,35,38-39,46-48,50-51,53-67H2,1-3H3,(H,79,80)(H,81,82)/b10-7-,11-8-,12-9-,19-16-,20-17-,21-18-,28-25-,29-26-,30-27-,36-33-,37-34-,43-40-,44-41-,45-42-,52-49-. The number of unbranched alkanes of at least 4 members (excludes halogenated alkanes) is 7. The van der Waals surface area contributed by atoms with E-state index in [0.717, 1.165) is 135 Å². The fourth-order valence-electron chi connectivity index (χ4n) is 7.66. The van der Waals surface area contributed by atoms with Crippen molar-refractivity contribution in [2.75, 3.05) is 39.6 Å². The van der Waals surface area contributed by atoms with Crippen molar-refractivity contribution in [1.82, 2.24) is 0 Å². The number of aliphatic hydroxyl groups is 2. The molecule has 512 valence electrons. The summed E-state index contributed by atoms with van der Waals surface area (Å²) in [6, 6.07) is 0. The van der Waals surface area contributed by atoms with Crippen molar-refractivity contribution in [3.63, 3.8) is 0 Å². The zero-order valence-corrected chi connectivity index (χ0v) is 57.0. The van der Waals surface area contributed by atoms with E-state index >= 15 is 0 Å². The van der Waals surface area contributed by atoms with Gasteiger partial charge in [-0.1, -0.05) is 216 Å². The minimum Gasteiger partial charge on any atom is -0.463 e. The van der Waals surface area contributed by atoms with Gasteiger partial charge in [0.2, 0.25) is 0 Å². The number of rotatable bonds is 60. The van der Waals surface area contributed by atoms with Crippen molar-refractivity contribution in [2.45, 2.75) is 219 Å². The molecule has 0 saturated heterocycles. The third kappa shape index (κ3) is 65.9. The van der Waals surface area contributed by atoms with Crippen molar-refractivity contribution in [2.24, 2.45) is 0 Å². The van der Waals surface area contributed by atoms with E-state index < -0.39 is 91.5 Å². The predicted octanol–water partition coefficient (Wildman–Crippen LogP) is 18.3. The van der Waals surface area contributed by atoms with Gasteiger partial charge in [-0.25, -0.2) is 9.13 Å². The van der Waals surface area contributed by atoms with Crippen LogP contribution in [-0.2, 0) is 55.8 Å². The average Bonchev–Trinajstić information content (AvgIpc) is 3.02. The summed E-state index contributed by atoms with van der Waals surface area (Å²) in [6.07, 6.45) is 81.0. The molecule has 0 aliphatic rings. The molecule has 0 heterocycles. The molecule has 0 fully saturated rings. The second kappa shape index (κ2) is 64.7. The summed E-state index contributed by atoms with van der Waals surface area (Å²) >= 11 is 0. The van der Waals surface area contributed by atoms with Gasteiger partial charge in [-0.2, -0.15) is 0 Å². The van der Waals surface area contributed by atoms with Gasteiger partial charge in [-0.05, 0) is 148 Å². The highest BCUT2D eigenvalue weighted by Gasteiger charge is 2.29. The number of hydrogen-bond donors (Lipinski definition) is 4. The Labute approximate surface area is 547 Å². The molecule has 0 aliphatic heterocycles. The number of esters is 3. The lowest BCUT2D eigenvalue weighted by Gasteiger charge is -2.21. The van der Waals surface area contributed by atoms with Gasteiger partial charge in [-0.15, -0.1) is 0 Å². The molecule has 0 aliphatic carbocycles.